The number of nitrogens with two attached hydrogens (primary N) is 1. The van der Waals surface area contributed by atoms with E-state index in [2.05, 4.69) is 22.2 Å². The zero-order chi connectivity index (χ0) is 17.9. The highest BCUT2D eigenvalue weighted by Crippen LogP contribution is 2.46. The van der Waals surface area contributed by atoms with E-state index in [1.54, 1.807) is 13.3 Å². The normalized spacial score (nSPS) is 25.2. The van der Waals surface area contributed by atoms with Gasteiger partial charge in [-0.15, -0.1) is 0 Å². The third-order valence-corrected chi connectivity index (χ3v) is 6.18. The van der Waals surface area contributed by atoms with Gasteiger partial charge in [0.15, 0.2) is 0 Å². The Labute approximate surface area is 149 Å². The number of methoxy groups -OCH3 is 1. The van der Waals surface area contributed by atoms with Crippen molar-refractivity contribution in [1.29, 1.82) is 0 Å². The molecule has 25 heavy (non-hydrogen) atoms. The summed E-state index contributed by atoms with van der Waals surface area (Å²) in [7, 11) is 1.78. The second-order valence-electron chi connectivity index (χ2n) is 7.66. The predicted octanol–water partition coefficient (Wildman–Crippen LogP) is 3.07. The first-order valence-corrected chi connectivity index (χ1v) is 9.50. The Morgan fingerprint density at radius 2 is 2.08 bits per heavy atom. The number of hydrogen-bond donors (Lipinski definition) is 2. The van der Waals surface area contributed by atoms with E-state index in [1.165, 1.54) is 19.3 Å². The second kappa shape index (κ2) is 7.68. The van der Waals surface area contributed by atoms with Gasteiger partial charge in [-0.2, -0.15) is 0 Å². The molecule has 1 aromatic heterocycles. The summed E-state index contributed by atoms with van der Waals surface area (Å²) < 4.78 is 5.43. The van der Waals surface area contributed by atoms with Gasteiger partial charge in [0.1, 0.15) is 0 Å². The maximum absolute atomic E-state index is 11.8. The third-order valence-electron chi connectivity index (χ3n) is 6.18. The van der Waals surface area contributed by atoms with E-state index in [0.29, 0.717) is 23.7 Å². The fraction of sp³-hybridized carbons (Fsp3) is 0.737. The van der Waals surface area contributed by atoms with Gasteiger partial charge >= 0.3 is 0 Å². The van der Waals surface area contributed by atoms with Crippen LogP contribution in [0, 0.1) is 5.41 Å². The summed E-state index contributed by atoms with van der Waals surface area (Å²) in [5.41, 5.74) is 7.10. The molecule has 2 aliphatic carbocycles. The van der Waals surface area contributed by atoms with Crippen molar-refractivity contribution in [2.24, 2.45) is 11.1 Å². The SMILES string of the molecule is CCC1(Cc2nc(NC3CCC(OC)CC3)ncc2C(N)=O)CCC1. The van der Waals surface area contributed by atoms with Crippen molar-refractivity contribution >= 4 is 11.9 Å². The van der Waals surface area contributed by atoms with Crippen LogP contribution in [0.3, 0.4) is 0 Å². The quantitative estimate of drug-likeness (QED) is 0.792. The molecule has 0 radical (unpaired) electrons. The summed E-state index contributed by atoms with van der Waals surface area (Å²) in [6.07, 6.45) is 11.8. The molecule has 2 saturated carbocycles. The Bertz CT molecular complexity index is 602. The van der Waals surface area contributed by atoms with E-state index in [-0.39, 0.29) is 5.41 Å². The van der Waals surface area contributed by atoms with Gasteiger partial charge in [-0.25, -0.2) is 9.97 Å². The molecule has 1 heterocycles. The van der Waals surface area contributed by atoms with Crippen molar-refractivity contribution in [3.05, 3.63) is 17.5 Å². The lowest BCUT2D eigenvalue weighted by Crippen LogP contribution is -2.33. The van der Waals surface area contributed by atoms with Crippen molar-refractivity contribution < 1.29 is 9.53 Å². The summed E-state index contributed by atoms with van der Waals surface area (Å²) in [4.78, 5) is 20.8. The van der Waals surface area contributed by atoms with Crippen LogP contribution in [0.4, 0.5) is 5.95 Å². The minimum atomic E-state index is -0.437. The lowest BCUT2D eigenvalue weighted by Gasteiger charge is -2.41. The van der Waals surface area contributed by atoms with Gasteiger partial charge in [0, 0.05) is 19.3 Å². The molecule has 1 amide bonds. The number of hydrogen-bond acceptors (Lipinski definition) is 5. The standard InChI is InChI=1S/C19H30N4O2/c1-3-19(9-4-10-19)11-16-15(17(20)24)12-21-18(23-16)22-13-5-7-14(25-2)8-6-13/h12-14H,3-11H2,1-2H3,(H2,20,24)(H,21,22,23). The van der Waals surface area contributed by atoms with Crippen molar-refractivity contribution in [3.63, 3.8) is 0 Å². The molecule has 6 heteroatoms. The number of rotatable bonds is 7. The van der Waals surface area contributed by atoms with E-state index < -0.39 is 5.91 Å². The van der Waals surface area contributed by atoms with Gasteiger partial charge < -0.3 is 15.8 Å². The largest absolute Gasteiger partial charge is 0.381 e. The van der Waals surface area contributed by atoms with Crippen LogP contribution in [0.15, 0.2) is 6.20 Å². The Morgan fingerprint density at radius 3 is 2.60 bits per heavy atom. The fourth-order valence-corrected chi connectivity index (χ4v) is 4.14. The second-order valence-corrected chi connectivity index (χ2v) is 7.66. The lowest BCUT2D eigenvalue weighted by molar-refractivity contribution is 0.0681. The Hall–Kier alpha value is -1.69. The molecule has 0 unspecified atom stereocenters. The number of carbonyl (C=O) groups excluding carboxylic acids is 1. The molecule has 0 saturated heterocycles. The van der Waals surface area contributed by atoms with Gasteiger partial charge in [-0.3, -0.25) is 4.79 Å². The molecule has 1 aromatic rings. The number of amides is 1. The van der Waals surface area contributed by atoms with Gasteiger partial charge in [-0.05, 0) is 50.4 Å². The van der Waals surface area contributed by atoms with E-state index in [9.17, 15) is 4.79 Å². The molecule has 3 N–H and O–H groups in total. The Kier molecular flexibility index (Phi) is 5.57. The topological polar surface area (TPSA) is 90.1 Å². The molecule has 2 aliphatic rings. The highest BCUT2D eigenvalue weighted by Gasteiger charge is 2.36. The van der Waals surface area contributed by atoms with E-state index >= 15 is 0 Å². The molecule has 3 rings (SSSR count). The molecule has 0 spiro atoms. The summed E-state index contributed by atoms with van der Waals surface area (Å²) in [6, 6.07) is 0.363. The minimum Gasteiger partial charge on any atom is -0.381 e. The first-order valence-electron chi connectivity index (χ1n) is 9.50. The molecule has 0 atom stereocenters. The molecule has 0 bridgehead atoms. The average Bonchev–Trinajstić information content (AvgIpc) is 2.59. The predicted molar refractivity (Wildman–Crippen MR) is 97.5 cm³/mol. The first-order chi connectivity index (χ1) is 12.0. The number of nitrogens with one attached hydrogen (secondary N) is 1. The first kappa shape index (κ1) is 18.1. The zero-order valence-corrected chi connectivity index (χ0v) is 15.4. The monoisotopic (exact) mass is 346 g/mol. The molecule has 138 valence electrons. The Balaban J connectivity index is 1.72. The number of nitrogens with zero attached hydrogens (tertiary/aromatic N) is 2. The molecular formula is C19H30N4O2. The lowest BCUT2D eigenvalue weighted by atomic mass is 9.64. The van der Waals surface area contributed by atoms with Crippen molar-refractivity contribution in [3.8, 4) is 0 Å². The summed E-state index contributed by atoms with van der Waals surface area (Å²) in [5.74, 6) is 0.180. The van der Waals surface area contributed by atoms with Crippen LogP contribution in [0.5, 0.6) is 0 Å². The third kappa shape index (κ3) is 4.11. The fourth-order valence-electron chi connectivity index (χ4n) is 4.14. The van der Waals surface area contributed by atoms with Crippen LogP contribution in [0.1, 0.15) is 74.3 Å². The van der Waals surface area contributed by atoms with Gasteiger partial charge in [0.2, 0.25) is 5.95 Å². The van der Waals surface area contributed by atoms with E-state index in [0.717, 1.165) is 44.2 Å². The zero-order valence-electron chi connectivity index (χ0n) is 15.4. The van der Waals surface area contributed by atoms with Crippen molar-refractivity contribution in [2.45, 2.75) is 76.9 Å². The summed E-state index contributed by atoms with van der Waals surface area (Å²) in [5, 5.41) is 3.44. The molecule has 0 aromatic carbocycles. The van der Waals surface area contributed by atoms with Gasteiger partial charge in [-0.1, -0.05) is 19.8 Å². The van der Waals surface area contributed by atoms with Crippen LogP contribution in [0.25, 0.3) is 0 Å². The smallest absolute Gasteiger partial charge is 0.252 e. The minimum absolute atomic E-state index is 0.284. The van der Waals surface area contributed by atoms with Crippen LogP contribution in [-0.2, 0) is 11.2 Å². The molecule has 6 nitrogen and oxygen atoms in total. The number of primary amides is 1. The summed E-state index contributed by atoms with van der Waals surface area (Å²) >= 11 is 0. The maximum Gasteiger partial charge on any atom is 0.252 e. The average molecular weight is 346 g/mol. The molecule has 2 fully saturated rings. The molecule has 0 aliphatic heterocycles. The number of aromatic nitrogens is 2. The highest BCUT2D eigenvalue weighted by molar-refractivity contribution is 5.93. The van der Waals surface area contributed by atoms with Gasteiger partial charge in [0.05, 0.1) is 17.4 Å². The number of anilines is 1. The van der Waals surface area contributed by atoms with Crippen molar-refractivity contribution in [2.75, 3.05) is 12.4 Å². The van der Waals surface area contributed by atoms with Crippen LogP contribution in [-0.4, -0.2) is 35.1 Å². The van der Waals surface area contributed by atoms with Crippen LogP contribution in [0.2, 0.25) is 0 Å². The summed E-state index contributed by atoms with van der Waals surface area (Å²) in [6.45, 7) is 2.22. The van der Waals surface area contributed by atoms with Crippen LogP contribution < -0.4 is 11.1 Å². The maximum atomic E-state index is 11.8. The van der Waals surface area contributed by atoms with E-state index in [4.69, 9.17) is 10.5 Å². The van der Waals surface area contributed by atoms with Gasteiger partial charge in [0.25, 0.3) is 5.91 Å². The number of ether oxygens (including phenoxy) is 1. The van der Waals surface area contributed by atoms with Crippen LogP contribution >= 0.6 is 0 Å². The Morgan fingerprint density at radius 1 is 1.36 bits per heavy atom. The van der Waals surface area contributed by atoms with E-state index in [1.807, 2.05) is 0 Å². The highest BCUT2D eigenvalue weighted by atomic mass is 16.5. The molecular weight excluding hydrogens is 316 g/mol. The van der Waals surface area contributed by atoms with Crippen molar-refractivity contribution in [1.82, 2.24) is 9.97 Å². The number of carbonyl (C=O) groups is 1.